The maximum Gasteiger partial charge on any atom is 0.0525 e. The Balaban J connectivity index is 1.60. The van der Waals surface area contributed by atoms with Gasteiger partial charge < -0.3 is 9.80 Å². The van der Waals surface area contributed by atoms with Crippen LogP contribution in [0.3, 0.4) is 0 Å². The summed E-state index contributed by atoms with van der Waals surface area (Å²) in [6.45, 7) is 13.0. The number of aliphatic imine (C=N–C) groups is 1. The molecule has 0 aromatic heterocycles. The minimum atomic E-state index is 0.888. The van der Waals surface area contributed by atoms with Crippen molar-refractivity contribution in [3.63, 3.8) is 0 Å². The van der Waals surface area contributed by atoms with Gasteiger partial charge in [0.2, 0.25) is 0 Å². The van der Waals surface area contributed by atoms with Gasteiger partial charge >= 0.3 is 0 Å². The van der Waals surface area contributed by atoms with Crippen LogP contribution in [0.2, 0.25) is 0 Å². The highest BCUT2D eigenvalue weighted by molar-refractivity contribution is 5.93. The van der Waals surface area contributed by atoms with Gasteiger partial charge in [-0.3, -0.25) is 4.99 Å². The summed E-state index contributed by atoms with van der Waals surface area (Å²) in [4.78, 5) is 9.76. The Kier molecular flexibility index (Phi) is 12.0. The van der Waals surface area contributed by atoms with Crippen molar-refractivity contribution in [2.45, 2.75) is 73.1 Å². The first kappa shape index (κ1) is 33.7. The molecule has 4 aromatic carbocycles. The van der Waals surface area contributed by atoms with Gasteiger partial charge in [-0.15, -0.1) is 0 Å². The second-order valence-corrected chi connectivity index (χ2v) is 12.5. The molecular formula is C44H51N3. The second-order valence-electron chi connectivity index (χ2n) is 12.5. The fourth-order valence-corrected chi connectivity index (χ4v) is 6.40. The van der Waals surface area contributed by atoms with Gasteiger partial charge in [0.05, 0.1) is 5.70 Å². The Hall–Kier alpha value is -4.63. The van der Waals surface area contributed by atoms with Gasteiger partial charge in [-0.05, 0) is 116 Å². The Labute approximate surface area is 283 Å². The maximum absolute atomic E-state index is 4.80. The average Bonchev–Trinajstić information content (AvgIpc) is 3.50. The average molecular weight is 622 g/mol. The number of allylic oxidation sites excluding steroid dienone is 7. The van der Waals surface area contributed by atoms with Crippen LogP contribution < -0.4 is 9.80 Å². The first-order valence-corrected chi connectivity index (χ1v) is 17.5. The van der Waals surface area contributed by atoms with Crippen molar-refractivity contribution in [2.75, 3.05) is 22.9 Å². The van der Waals surface area contributed by atoms with E-state index in [-0.39, 0.29) is 0 Å². The molecule has 242 valence electrons. The third-order valence-electron chi connectivity index (χ3n) is 9.07. The SMILES string of the molecule is CCCC/N=C(C)\C=C\C1=C(N(c2ccccc2)c2ccccc2)C(=C/C=C(\C)N(CCCC)c2ccc3ccccc3c2C)/CC1. The molecule has 0 radical (unpaired) electrons. The number of fused-ring (bicyclic) bond motifs is 1. The molecular weight excluding hydrogens is 571 g/mol. The molecule has 1 aliphatic rings. The van der Waals surface area contributed by atoms with E-state index in [0.29, 0.717) is 0 Å². The van der Waals surface area contributed by atoms with Crippen LogP contribution in [0.15, 0.2) is 149 Å². The molecule has 0 saturated heterocycles. The van der Waals surface area contributed by atoms with Crippen molar-refractivity contribution >= 4 is 33.5 Å². The lowest BCUT2D eigenvalue weighted by atomic mass is 10.0. The second kappa shape index (κ2) is 16.8. The van der Waals surface area contributed by atoms with Gasteiger partial charge in [0.15, 0.2) is 0 Å². The summed E-state index contributed by atoms with van der Waals surface area (Å²) in [5.41, 5.74) is 11.3. The van der Waals surface area contributed by atoms with Crippen LogP contribution in [-0.4, -0.2) is 18.8 Å². The number of benzene rings is 4. The Bertz CT molecular complexity index is 1730. The largest absolute Gasteiger partial charge is 0.345 e. The number of unbranched alkanes of at least 4 members (excludes halogenated alkanes) is 2. The van der Waals surface area contributed by atoms with Crippen LogP contribution in [0.4, 0.5) is 17.1 Å². The van der Waals surface area contributed by atoms with Gasteiger partial charge in [-0.25, -0.2) is 0 Å². The summed E-state index contributed by atoms with van der Waals surface area (Å²) in [6.07, 6.45) is 15.8. The first-order valence-electron chi connectivity index (χ1n) is 17.5. The van der Waals surface area contributed by atoms with Crippen molar-refractivity contribution in [2.24, 2.45) is 4.99 Å². The summed E-state index contributed by atoms with van der Waals surface area (Å²) in [6, 6.07) is 34.9. The molecule has 0 N–H and O–H groups in total. The van der Waals surface area contributed by atoms with Crippen LogP contribution in [0, 0.1) is 6.92 Å². The fourth-order valence-electron chi connectivity index (χ4n) is 6.40. The van der Waals surface area contributed by atoms with Gasteiger partial charge in [0.1, 0.15) is 0 Å². The lowest BCUT2D eigenvalue weighted by Gasteiger charge is -2.29. The fraction of sp³-hybridized carbons (Fsp3) is 0.295. The maximum atomic E-state index is 4.80. The highest BCUT2D eigenvalue weighted by Crippen LogP contribution is 2.42. The smallest absolute Gasteiger partial charge is 0.0525 e. The molecule has 0 atom stereocenters. The zero-order chi connectivity index (χ0) is 33.0. The van der Waals surface area contributed by atoms with E-state index in [1.54, 1.807) is 0 Å². The van der Waals surface area contributed by atoms with E-state index < -0.39 is 0 Å². The number of para-hydroxylation sites is 2. The van der Waals surface area contributed by atoms with Crippen LogP contribution in [0.5, 0.6) is 0 Å². The highest BCUT2D eigenvalue weighted by Gasteiger charge is 2.26. The molecule has 0 unspecified atom stereocenters. The Morgan fingerprint density at radius 1 is 0.766 bits per heavy atom. The highest BCUT2D eigenvalue weighted by atomic mass is 15.2. The third-order valence-corrected chi connectivity index (χ3v) is 9.07. The van der Waals surface area contributed by atoms with Crippen molar-refractivity contribution in [3.8, 4) is 0 Å². The van der Waals surface area contributed by atoms with E-state index in [0.717, 1.165) is 68.7 Å². The molecule has 4 aromatic rings. The van der Waals surface area contributed by atoms with Crippen molar-refractivity contribution in [3.05, 3.63) is 149 Å². The summed E-state index contributed by atoms with van der Waals surface area (Å²) < 4.78 is 0. The van der Waals surface area contributed by atoms with Crippen LogP contribution in [0.25, 0.3) is 10.8 Å². The molecule has 0 saturated carbocycles. The van der Waals surface area contributed by atoms with E-state index in [1.165, 1.54) is 44.6 Å². The summed E-state index contributed by atoms with van der Waals surface area (Å²) in [7, 11) is 0. The first-order chi connectivity index (χ1) is 23.0. The van der Waals surface area contributed by atoms with Gasteiger partial charge in [-0.1, -0.05) is 106 Å². The summed E-state index contributed by atoms with van der Waals surface area (Å²) in [5, 5.41) is 2.62. The standard InChI is InChI=1S/C44H51N3/c1-6-8-32-45-34(3)24-26-38-28-29-39(44(38)47(40-19-12-10-13-20-40)41-21-14-11-15-22-41)27-25-35(4)46(33-9-7-2)43-31-30-37-18-16-17-23-42(37)36(43)5/h10-27,30-31H,6-9,28-29,32-33H2,1-5H3/b26-24+,35-25+,39-27+,45-34-. The number of aryl methyl sites for hydroxylation is 1. The zero-order valence-electron chi connectivity index (χ0n) is 29.0. The van der Waals surface area contributed by atoms with Gasteiger partial charge in [0, 0.05) is 41.6 Å². The van der Waals surface area contributed by atoms with E-state index in [9.17, 15) is 0 Å². The summed E-state index contributed by atoms with van der Waals surface area (Å²) >= 11 is 0. The molecule has 47 heavy (non-hydrogen) atoms. The van der Waals surface area contributed by atoms with Gasteiger partial charge in [-0.2, -0.15) is 0 Å². The number of hydrogen-bond donors (Lipinski definition) is 0. The van der Waals surface area contributed by atoms with Crippen molar-refractivity contribution < 1.29 is 0 Å². The molecule has 0 aliphatic heterocycles. The molecule has 3 heteroatoms. The van der Waals surface area contributed by atoms with Crippen LogP contribution in [0.1, 0.15) is 71.8 Å². The molecule has 0 fully saturated rings. The molecule has 0 bridgehead atoms. The lowest BCUT2D eigenvalue weighted by molar-refractivity contribution is 0.764. The lowest BCUT2D eigenvalue weighted by Crippen LogP contribution is -2.23. The quantitative estimate of drug-likeness (QED) is 0.103. The molecule has 0 heterocycles. The number of hydrogen-bond acceptors (Lipinski definition) is 3. The predicted molar refractivity (Wildman–Crippen MR) is 206 cm³/mol. The molecule has 5 rings (SSSR count). The molecule has 3 nitrogen and oxygen atoms in total. The van der Waals surface area contributed by atoms with E-state index in [1.807, 2.05) is 0 Å². The minimum absolute atomic E-state index is 0.888. The molecule has 1 aliphatic carbocycles. The van der Waals surface area contributed by atoms with Crippen LogP contribution >= 0.6 is 0 Å². The van der Waals surface area contributed by atoms with Crippen molar-refractivity contribution in [1.82, 2.24) is 0 Å². The van der Waals surface area contributed by atoms with Crippen molar-refractivity contribution in [1.29, 1.82) is 0 Å². The number of rotatable bonds is 14. The van der Waals surface area contributed by atoms with Gasteiger partial charge in [0.25, 0.3) is 0 Å². The molecule has 0 spiro atoms. The monoisotopic (exact) mass is 621 g/mol. The predicted octanol–water partition coefficient (Wildman–Crippen LogP) is 12.3. The summed E-state index contributed by atoms with van der Waals surface area (Å²) in [5.74, 6) is 0. The topological polar surface area (TPSA) is 18.8 Å². The number of anilines is 3. The number of nitrogens with zero attached hydrogens (tertiary/aromatic N) is 3. The third kappa shape index (κ3) is 8.40. The van der Waals surface area contributed by atoms with E-state index in [4.69, 9.17) is 4.99 Å². The normalized spacial score (nSPS) is 15.0. The Morgan fingerprint density at radius 3 is 2.11 bits per heavy atom. The van der Waals surface area contributed by atoms with E-state index >= 15 is 0 Å². The minimum Gasteiger partial charge on any atom is -0.345 e. The van der Waals surface area contributed by atoms with E-state index in [2.05, 4.69) is 166 Å². The zero-order valence-corrected chi connectivity index (χ0v) is 29.0. The van der Waals surface area contributed by atoms with Crippen LogP contribution in [-0.2, 0) is 0 Å². The Morgan fingerprint density at radius 2 is 1.43 bits per heavy atom. The molecule has 0 amide bonds.